The summed E-state index contributed by atoms with van der Waals surface area (Å²) in [5.74, 6) is -0.288. The number of benzene rings is 2. The normalized spacial score (nSPS) is 10.9. The highest BCUT2D eigenvalue weighted by atomic mass is 32.1. The Balaban J connectivity index is 1.67. The lowest BCUT2D eigenvalue weighted by Crippen LogP contribution is -2.41. The van der Waals surface area contributed by atoms with Crippen molar-refractivity contribution < 1.29 is 13.9 Å². The number of hydrogen-bond donors (Lipinski definition) is 1. The summed E-state index contributed by atoms with van der Waals surface area (Å²) in [5, 5.41) is 4.28. The maximum atomic E-state index is 13.4. The summed E-state index contributed by atoms with van der Waals surface area (Å²) in [5.41, 5.74) is 0.425. The van der Waals surface area contributed by atoms with Crippen LogP contribution in [0.3, 0.4) is 0 Å². The molecule has 0 aliphatic carbocycles. The Kier molecular flexibility index (Phi) is 6.18. The molecule has 0 unspecified atom stereocenters. The van der Waals surface area contributed by atoms with Crippen LogP contribution in [0.5, 0.6) is 5.75 Å². The van der Waals surface area contributed by atoms with E-state index in [1.165, 1.54) is 34.1 Å². The predicted molar refractivity (Wildman–Crippen MR) is 122 cm³/mol. The third-order valence-electron chi connectivity index (χ3n) is 4.82. The lowest BCUT2D eigenvalue weighted by Gasteiger charge is -2.13. The average Bonchev–Trinajstić information content (AvgIpc) is 3.26. The molecule has 0 saturated heterocycles. The highest BCUT2D eigenvalue weighted by Gasteiger charge is 2.17. The van der Waals surface area contributed by atoms with Gasteiger partial charge in [-0.2, -0.15) is 0 Å². The van der Waals surface area contributed by atoms with E-state index in [0.717, 1.165) is 10.1 Å². The number of aromatic nitrogens is 2. The van der Waals surface area contributed by atoms with Crippen molar-refractivity contribution in [1.29, 1.82) is 0 Å². The van der Waals surface area contributed by atoms with Crippen LogP contribution in [-0.2, 0) is 17.9 Å². The number of nitrogens with zero attached hydrogens (tertiary/aromatic N) is 2. The molecule has 7 nitrogen and oxygen atoms in total. The highest BCUT2D eigenvalue weighted by molar-refractivity contribution is 7.17. The number of carbonyl (C=O) groups is 1. The van der Waals surface area contributed by atoms with Crippen molar-refractivity contribution >= 4 is 33.1 Å². The largest absolute Gasteiger partial charge is 0.494 e. The fourth-order valence-corrected chi connectivity index (χ4v) is 4.22. The molecule has 4 aromatic rings. The van der Waals surface area contributed by atoms with Gasteiger partial charge in [-0.3, -0.25) is 18.7 Å². The molecule has 4 rings (SSSR count). The summed E-state index contributed by atoms with van der Waals surface area (Å²) in [4.78, 5) is 38.7. The molecular formula is C23H20FN3O4S. The molecule has 0 aliphatic heterocycles. The van der Waals surface area contributed by atoms with Gasteiger partial charge < -0.3 is 10.1 Å². The van der Waals surface area contributed by atoms with Gasteiger partial charge in [-0.05, 0) is 54.3 Å². The molecule has 1 amide bonds. The summed E-state index contributed by atoms with van der Waals surface area (Å²) < 4.78 is 21.6. The molecule has 9 heteroatoms. The minimum Gasteiger partial charge on any atom is -0.494 e. The standard InChI is InChI=1S/C23H20FN3O4S/c1-2-31-18-8-6-15(7-9-18)13-27-22(29)21-19(10-11-32-21)26(23(27)30)14-20(28)25-17-5-3-4-16(24)12-17/h3-12H,2,13-14H2,1H3,(H,25,28). The van der Waals surface area contributed by atoms with Crippen LogP contribution in [0, 0.1) is 5.82 Å². The van der Waals surface area contributed by atoms with Gasteiger partial charge in [0.25, 0.3) is 5.56 Å². The van der Waals surface area contributed by atoms with Gasteiger partial charge >= 0.3 is 5.69 Å². The zero-order valence-corrected chi connectivity index (χ0v) is 18.0. The van der Waals surface area contributed by atoms with E-state index in [1.807, 2.05) is 6.92 Å². The summed E-state index contributed by atoms with van der Waals surface area (Å²) >= 11 is 1.21. The van der Waals surface area contributed by atoms with Crippen molar-refractivity contribution in [2.24, 2.45) is 0 Å². The third-order valence-corrected chi connectivity index (χ3v) is 5.71. The van der Waals surface area contributed by atoms with Crippen LogP contribution < -0.4 is 21.3 Å². The van der Waals surface area contributed by atoms with Gasteiger partial charge in [-0.1, -0.05) is 18.2 Å². The minimum atomic E-state index is -0.593. The van der Waals surface area contributed by atoms with Crippen LogP contribution in [0.15, 0.2) is 69.6 Å². The number of halogens is 1. The molecule has 0 bridgehead atoms. The number of amides is 1. The van der Waals surface area contributed by atoms with Gasteiger partial charge in [-0.15, -0.1) is 11.3 Å². The molecule has 32 heavy (non-hydrogen) atoms. The van der Waals surface area contributed by atoms with Crippen LogP contribution in [0.4, 0.5) is 10.1 Å². The number of ether oxygens (including phenoxy) is 1. The van der Waals surface area contributed by atoms with Crippen molar-refractivity contribution in [3.63, 3.8) is 0 Å². The van der Waals surface area contributed by atoms with E-state index < -0.39 is 23.0 Å². The second-order valence-electron chi connectivity index (χ2n) is 7.03. The average molecular weight is 453 g/mol. The van der Waals surface area contributed by atoms with Crippen molar-refractivity contribution in [3.05, 3.63) is 92.2 Å². The molecule has 0 radical (unpaired) electrons. The molecule has 0 spiro atoms. The van der Waals surface area contributed by atoms with Gasteiger partial charge in [0, 0.05) is 5.69 Å². The molecule has 0 atom stereocenters. The van der Waals surface area contributed by atoms with Crippen molar-refractivity contribution in [3.8, 4) is 5.75 Å². The fourth-order valence-electron chi connectivity index (χ4n) is 3.38. The molecule has 164 valence electrons. The van der Waals surface area contributed by atoms with Crippen LogP contribution in [0.25, 0.3) is 10.2 Å². The smallest absolute Gasteiger partial charge is 0.332 e. The number of carbonyl (C=O) groups excluding carboxylic acids is 1. The Morgan fingerprint density at radius 3 is 2.59 bits per heavy atom. The first-order chi connectivity index (χ1) is 15.5. The Labute approximate surface area is 186 Å². The zero-order chi connectivity index (χ0) is 22.7. The van der Waals surface area contributed by atoms with E-state index >= 15 is 0 Å². The molecule has 0 fully saturated rings. The number of anilines is 1. The van der Waals surface area contributed by atoms with Crippen LogP contribution >= 0.6 is 11.3 Å². The third kappa shape index (κ3) is 4.47. The maximum absolute atomic E-state index is 13.4. The summed E-state index contributed by atoms with van der Waals surface area (Å²) in [7, 11) is 0. The van der Waals surface area contributed by atoms with Crippen LogP contribution in [-0.4, -0.2) is 21.6 Å². The van der Waals surface area contributed by atoms with Gasteiger partial charge in [0.05, 0.1) is 18.7 Å². The maximum Gasteiger partial charge on any atom is 0.332 e. The first-order valence-corrected chi connectivity index (χ1v) is 10.8. The predicted octanol–water partition coefficient (Wildman–Crippen LogP) is 3.45. The molecular weight excluding hydrogens is 433 g/mol. The fraction of sp³-hybridized carbons (Fsp3) is 0.174. The topological polar surface area (TPSA) is 82.3 Å². The van der Waals surface area contributed by atoms with Crippen molar-refractivity contribution in [2.75, 3.05) is 11.9 Å². The SMILES string of the molecule is CCOc1ccc(Cn2c(=O)c3sccc3n(CC(=O)Nc3cccc(F)c3)c2=O)cc1. The number of nitrogens with one attached hydrogen (secondary N) is 1. The van der Waals surface area contributed by atoms with Crippen molar-refractivity contribution in [1.82, 2.24) is 9.13 Å². The first-order valence-electron chi connectivity index (χ1n) is 9.94. The lowest BCUT2D eigenvalue weighted by molar-refractivity contribution is -0.116. The van der Waals surface area contributed by atoms with Crippen molar-refractivity contribution in [2.45, 2.75) is 20.0 Å². The molecule has 1 N–H and O–H groups in total. The number of rotatable bonds is 7. The first kappa shape index (κ1) is 21.5. The quantitative estimate of drug-likeness (QED) is 0.465. The Bertz CT molecular complexity index is 1390. The van der Waals surface area contributed by atoms with E-state index in [-0.39, 0.29) is 18.8 Å². The van der Waals surface area contributed by atoms with Crippen LogP contribution in [0.2, 0.25) is 0 Å². The van der Waals surface area contributed by atoms with Crippen LogP contribution in [0.1, 0.15) is 12.5 Å². The molecule has 2 aromatic carbocycles. The minimum absolute atomic E-state index is 0.0590. The van der Waals surface area contributed by atoms with E-state index in [1.54, 1.807) is 41.8 Å². The lowest BCUT2D eigenvalue weighted by atomic mass is 10.2. The molecule has 0 saturated carbocycles. The molecule has 2 aromatic heterocycles. The highest BCUT2D eigenvalue weighted by Crippen LogP contribution is 2.17. The number of thiophene rings is 1. The number of fused-ring (bicyclic) bond motifs is 1. The second kappa shape index (κ2) is 9.19. The van der Waals surface area contributed by atoms with Gasteiger partial charge in [-0.25, -0.2) is 9.18 Å². The Hall–Kier alpha value is -3.72. The zero-order valence-electron chi connectivity index (χ0n) is 17.2. The molecule has 2 heterocycles. The van der Waals surface area contributed by atoms with Gasteiger partial charge in [0.2, 0.25) is 5.91 Å². The summed E-state index contributed by atoms with van der Waals surface area (Å²) in [6.07, 6.45) is 0. The van der Waals surface area contributed by atoms with E-state index in [4.69, 9.17) is 4.74 Å². The summed E-state index contributed by atoms with van der Waals surface area (Å²) in [6.45, 7) is 2.17. The Morgan fingerprint density at radius 2 is 1.88 bits per heavy atom. The van der Waals surface area contributed by atoms with Gasteiger partial charge in [0.15, 0.2) is 0 Å². The van der Waals surface area contributed by atoms with E-state index in [9.17, 15) is 18.8 Å². The number of hydrogen-bond acceptors (Lipinski definition) is 5. The van der Waals surface area contributed by atoms with Gasteiger partial charge in [0.1, 0.15) is 22.8 Å². The van der Waals surface area contributed by atoms with E-state index in [0.29, 0.717) is 22.6 Å². The summed E-state index contributed by atoms with van der Waals surface area (Å²) in [6, 6.07) is 14.3. The monoisotopic (exact) mass is 453 g/mol. The molecule has 0 aliphatic rings. The Morgan fingerprint density at radius 1 is 1.09 bits per heavy atom. The second-order valence-corrected chi connectivity index (χ2v) is 7.95. The van der Waals surface area contributed by atoms with E-state index in [2.05, 4.69) is 5.32 Å².